The van der Waals surface area contributed by atoms with Gasteiger partial charge >= 0.3 is 5.97 Å². The molecule has 0 saturated heterocycles. The topological polar surface area (TPSA) is 53.4 Å². The van der Waals surface area contributed by atoms with Crippen LogP contribution >= 0.6 is 11.3 Å². The van der Waals surface area contributed by atoms with Gasteiger partial charge < -0.3 is 10.0 Å². The van der Waals surface area contributed by atoms with Crippen LogP contribution in [-0.2, 0) is 4.79 Å². The fourth-order valence-corrected chi connectivity index (χ4v) is 1.84. The molecule has 0 saturated carbocycles. The first-order valence-electron chi connectivity index (χ1n) is 4.52. The van der Waals surface area contributed by atoms with Gasteiger partial charge in [0.2, 0.25) is 0 Å². The number of hydrogen-bond donors (Lipinski definition) is 1. The molecule has 0 bridgehead atoms. The van der Waals surface area contributed by atoms with Gasteiger partial charge in [-0.1, -0.05) is 6.92 Å². The van der Waals surface area contributed by atoms with E-state index < -0.39 is 5.97 Å². The summed E-state index contributed by atoms with van der Waals surface area (Å²) >= 11 is 1.53. The van der Waals surface area contributed by atoms with Crippen molar-refractivity contribution < 1.29 is 9.90 Å². The maximum atomic E-state index is 10.7. The van der Waals surface area contributed by atoms with Gasteiger partial charge in [0.25, 0.3) is 0 Å². The number of hydrogen-bond acceptors (Lipinski definition) is 4. The minimum absolute atomic E-state index is 0.362. The lowest BCUT2D eigenvalue weighted by molar-refractivity contribution is -0.140. The van der Waals surface area contributed by atoms with E-state index >= 15 is 0 Å². The largest absolute Gasteiger partial charge is 0.481 e. The minimum atomic E-state index is -0.764. The van der Waals surface area contributed by atoms with Gasteiger partial charge in [0.05, 0.1) is 5.92 Å². The number of aliphatic carboxylic acids is 1. The van der Waals surface area contributed by atoms with Crippen molar-refractivity contribution in [2.75, 3.05) is 18.0 Å². The van der Waals surface area contributed by atoms with E-state index in [2.05, 4.69) is 4.98 Å². The minimum Gasteiger partial charge on any atom is -0.481 e. The predicted molar refractivity (Wildman–Crippen MR) is 56.8 cm³/mol. The first kappa shape index (κ1) is 11.0. The molecule has 5 heteroatoms. The van der Waals surface area contributed by atoms with Crippen molar-refractivity contribution in [1.29, 1.82) is 0 Å². The van der Waals surface area contributed by atoms with E-state index in [0.717, 1.165) is 11.7 Å². The number of aromatic nitrogens is 1. The highest BCUT2D eigenvalue weighted by Crippen LogP contribution is 2.18. The number of nitrogens with zero attached hydrogens (tertiary/aromatic N) is 2. The molecule has 0 fully saturated rings. The first-order chi connectivity index (χ1) is 6.65. The molecular formula is C9H14N2O2S. The van der Waals surface area contributed by atoms with E-state index in [-0.39, 0.29) is 5.92 Å². The first-order valence-corrected chi connectivity index (χ1v) is 5.40. The number of carboxylic acid groups (broad SMARTS) is 1. The molecule has 0 spiro atoms. The van der Waals surface area contributed by atoms with E-state index in [1.54, 1.807) is 13.1 Å². The zero-order valence-corrected chi connectivity index (χ0v) is 9.12. The van der Waals surface area contributed by atoms with Crippen LogP contribution in [0.25, 0.3) is 0 Å². The fourth-order valence-electron chi connectivity index (χ4n) is 1.12. The Morgan fingerprint density at radius 2 is 2.50 bits per heavy atom. The van der Waals surface area contributed by atoms with Gasteiger partial charge in [0.1, 0.15) is 0 Å². The van der Waals surface area contributed by atoms with Crippen LogP contribution in [0.5, 0.6) is 0 Å². The third-order valence-corrected chi connectivity index (χ3v) is 2.82. The van der Waals surface area contributed by atoms with Gasteiger partial charge in [-0.25, -0.2) is 4.98 Å². The van der Waals surface area contributed by atoms with Crippen LogP contribution in [-0.4, -0.2) is 29.1 Å². The summed E-state index contributed by atoms with van der Waals surface area (Å²) in [5, 5.41) is 11.6. The Kier molecular flexibility index (Phi) is 3.88. The average molecular weight is 214 g/mol. The van der Waals surface area contributed by atoms with Crippen molar-refractivity contribution in [2.45, 2.75) is 13.8 Å². The molecule has 0 aromatic carbocycles. The number of rotatable bonds is 5. The molecule has 1 aromatic heterocycles. The number of carboxylic acids is 1. The molecule has 0 aliphatic rings. The van der Waals surface area contributed by atoms with Crippen molar-refractivity contribution in [3.8, 4) is 0 Å². The molecule has 1 atom stereocenters. The molecule has 4 nitrogen and oxygen atoms in total. The molecule has 1 unspecified atom stereocenters. The molecular weight excluding hydrogens is 200 g/mol. The number of anilines is 1. The van der Waals surface area contributed by atoms with E-state index in [9.17, 15) is 4.79 Å². The van der Waals surface area contributed by atoms with Crippen LogP contribution in [0.4, 0.5) is 5.13 Å². The number of carbonyl (C=O) groups is 1. The van der Waals surface area contributed by atoms with E-state index in [4.69, 9.17) is 5.11 Å². The summed E-state index contributed by atoms with van der Waals surface area (Å²) in [4.78, 5) is 16.8. The highest BCUT2D eigenvalue weighted by Gasteiger charge is 2.16. The summed E-state index contributed by atoms with van der Waals surface area (Å²) in [5.41, 5.74) is 0. The third-order valence-electron chi connectivity index (χ3n) is 1.99. The quantitative estimate of drug-likeness (QED) is 0.810. The molecule has 0 radical (unpaired) electrons. The fraction of sp³-hybridized carbons (Fsp3) is 0.556. The lowest BCUT2D eigenvalue weighted by Crippen LogP contribution is -2.31. The Balaban J connectivity index is 2.60. The summed E-state index contributed by atoms with van der Waals surface area (Å²) in [6.07, 6.45) is 1.73. The van der Waals surface area contributed by atoms with E-state index in [1.807, 2.05) is 17.2 Å². The van der Waals surface area contributed by atoms with Crippen molar-refractivity contribution >= 4 is 22.4 Å². The summed E-state index contributed by atoms with van der Waals surface area (Å²) in [6, 6.07) is 0. The number of thiazole rings is 1. The Morgan fingerprint density at radius 1 is 1.79 bits per heavy atom. The van der Waals surface area contributed by atoms with Gasteiger partial charge in [0.15, 0.2) is 5.13 Å². The second-order valence-electron chi connectivity index (χ2n) is 3.09. The van der Waals surface area contributed by atoms with Crippen LogP contribution in [0.15, 0.2) is 11.6 Å². The zero-order valence-electron chi connectivity index (χ0n) is 8.30. The molecule has 1 N–H and O–H groups in total. The molecule has 0 aliphatic carbocycles. The molecule has 14 heavy (non-hydrogen) atoms. The Morgan fingerprint density at radius 3 is 2.93 bits per heavy atom. The second kappa shape index (κ2) is 4.95. The molecule has 1 heterocycles. The monoisotopic (exact) mass is 214 g/mol. The lowest BCUT2D eigenvalue weighted by Gasteiger charge is -2.21. The van der Waals surface area contributed by atoms with Gasteiger partial charge in [-0.2, -0.15) is 0 Å². The molecule has 1 rings (SSSR count). The van der Waals surface area contributed by atoms with E-state index in [1.165, 1.54) is 11.3 Å². The van der Waals surface area contributed by atoms with Gasteiger partial charge in [-0.15, -0.1) is 11.3 Å². The maximum Gasteiger partial charge on any atom is 0.308 e. The Bertz CT molecular complexity index is 287. The van der Waals surface area contributed by atoms with Gasteiger partial charge in [0, 0.05) is 24.7 Å². The molecule has 0 aliphatic heterocycles. The summed E-state index contributed by atoms with van der Waals surface area (Å²) in [7, 11) is 0. The van der Waals surface area contributed by atoms with Crippen LogP contribution < -0.4 is 4.90 Å². The van der Waals surface area contributed by atoms with E-state index in [0.29, 0.717) is 6.54 Å². The van der Waals surface area contributed by atoms with Crippen molar-refractivity contribution in [2.24, 2.45) is 5.92 Å². The standard InChI is InChI=1S/C9H14N2O2S/c1-3-11(6-7(2)8(12)13)9-10-4-5-14-9/h4-5,7H,3,6H2,1-2H3,(H,12,13). The van der Waals surface area contributed by atoms with Crippen LogP contribution in [0, 0.1) is 5.92 Å². The predicted octanol–water partition coefficient (Wildman–Crippen LogP) is 1.69. The Labute approximate surface area is 87.2 Å². The summed E-state index contributed by atoms with van der Waals surface area (Å²) in [5.74, 6) is -1.13. The zero-order chi connectivity index (χ0) is 10.6. The SMILES string of the molecule is CCN(CC(C)C(=O)O)c1nccs1. The van der Waals surface area contributed by atoms with Crippen LogP contribution in [0.1, 0.15) is 13.8 Å². The smallest absolute Gasteiger partial charge is 0.308 e. The summed E-state index contributed by atoms with van der Waals surface area (Å²) in [6.45, 7) is 5.00. The van der Waals surface area contributed by atoms with Crippen molar-refractivity contribution in [1.82, 2.24) is 4.98 Å². The van der Waals surface area contributed by atoms with Gasteiger partial charge in [-0.3, -0.25) is 4.79 Å². The molecule has 1 aromatic rings. The lowest BCUT2D eigenvalue weighted by atomic mass is 10.2. The highest BCUT2D eigenvalue weighted by molar-refractivity contribution is 7.13. The van der Waals surface area contributed by atoms with Crippen LogP contribution in [0.3, 0.4) is 0 Å². The Hall–Kier alpha value is -1.10. The molecule has 0 amide bonds. The van der Waals surface area contributed by atoms with Crippen LogP contribution in [0.2, 0.25) is 0 Å². The van der Waals surface area contributed by atoms with Crippen molar-refractivity contribution in [3.05, 3.63) is 11.6 Å². The normalized spacial score (nSPS) is 12.4. The van der Waals surface area contributed by atoms with Gasteiger partial charge in [-0.05, 0) is 6.92 Å². The second-order valence-corrected chi connectivity index (χ2v) is 3.97. The maximum absolute atomic E-state index is 10.7. The average Bonchev–Trinajstić information content (AvgIpc) is 2.66. The third kappa shape index (κ3) is 2.70. The van der Waals surface area contributed by atoms with Crippen molar-refractivity contribution in [3.63, 3.8) is 0 Å². The highest BCUT2D eigenvalue weighted by atomic mass is 32.1. The summed E-state index contributed by atoms with van der Waals surface area (Å²) < 4.78 is 0. The molecule has 78 valence electrons.